The molecule has 15 heavy (non-hydrogen) atoms. The van der Waals surface area contributed by atoms with E-state index in [1.54, 1.807) is 6.33 Å². The first-order valence-corrected chi connectivity index (χ1v) is 5.78. The summed E-state index contributed by atoms with van der Waals surface area (Å²) in [5.74, 6) is 2.64. The van der Waals surface area contributed by atoms with Crippen molar-refractivity contribution in [1.29, 1.82) is 0 Å². The Morgan fingerprint density at radius 1 is 1.40 bits per heavy atom. The Morgan fingerprint density at radius 2 is 2.27 bits per heavy atom. The number of aromatic nitrogens is 2. The number of nitrogens with one attached hydrogen (secondary N) is 1. The molecule has 1 N–H and O–H groups in total. The van der Waals surface area contributed by atoms with Gasteiger partial charge in [-0.1, -0.05) is 19.8 Å². The summed E-state index contributed by atoms with van der Waals surface area (Å²) in [5.41, 5.74) is 1.02. The van der Waals surface area contributed by atoms with Crippen molar-refractivity contribution in [3.8, 4) is 0 Å². The van der Waals surface area contributed by atoms with E-state index in [0.29, 0.717) is 0 Å². The molecular weight excluding hydrogens is 186 g/mol. The Bertz CT molecular complexity index is 324. The normalized spacial score (nSPS) is 25.5. The van der Waals surface area contributed by atoms with Crippen LogP contribution in [0.2, 0.25) is 0 Å². The summed E-state index contributed by atoms with van der Waals surface area (Å²) >= 11 is 0. The molecule has 3 heteroatoms. The zero-order chi connectivity index (χ0) is 10.7. The Morgan fingerprint density at radius 3 is 2.93 bits per heavy atom. The molecule has 0 aliphatic heterocycles. The van der Waals surface area contributed by atoms with Crippen molar-refractivity contribution in [2.24, 2.45) is 11.8 Å². The standard InChI is InChI=1S/C12H19N3/c1-9-4-3-5-11(9)7-13-12-6-10(2)14-8-15-12/h6,8-9,11H,3-5,7H2,1-2H3,(H,13,14,15). The Kier molecular flexibility index (Phi) is 3.19. The second-order valence-corrected chi connectivity index (χ2v) is 4.59. The molecule has 0 radical (unpaired) electrons. The molecular formula is C12H19N3. The Hall–Kier alpha value is -1.12. The zero-order valence-corrected chi connectivity index (χ0v) is 9.53. The monoisotopic (exact) mass is 205 g/mol. The third kappa shape index (κ3) is 2.67. The van der Waals surface area contributed by atoms with Gasteiger partial charge in [0.05, 0.1) is 0 Å². The summed E-state index contributed by atoms with van der Waals surface area (Å²) in [6.07, 6.45) is 5.75. The van der Waals surface area contributed by atoms with Gasteiger partial charge in [0.15, 0.2) is 0 Å². The highest BCUT2D eigenvalue weighted by Gasteiger charge is 2.22. The highest BCUT2D eigenvalue weighted by atomic mass is 15.0. The number of aryl methyl sites for hydroxylation is 1. The van der Waals surface area contributed by atoms with E-state index < -0.39 is 0 Å². The summed E-state index contributed by atoms with van der Waals surface area (Å²) in [7, 11) is 0. The van der Waals surface area contributed by atoms with Gasteiger partial charge in [-0.25, -0.2) is 9.97 Å². The van der Waals surface area contributed by atoms with Crippen molar-refractivity contribution in [2.75, 3.05) is 11.9 Å². The molecule has 1 aromatic heterocycles. The molecule has 0 bridgehead atoms. The first-order chi connectivity index (χ1) is 7.25. The van der Waals surface area contributed by atoms with Crippen LogP contribution in [0.5, 0.6) is 0 Å². The molecule has 0 aromatic carbocycles. The van der Waals surface area contributed by atoms with Crippen LogP contribution < -0.4 is 5.32 Å². The molecule has 2 unspecified atom stereocenters. The lowest BCUT2D eigenvalue weighted by Crippen LogP contribution is -2.17. The maximum absolute atomic E-state index is 4.20. The second kappa shape index (κ2) is 4.60. The number of rotatable bonds is 3. The van der Waals surface area contributed by atoms with Crippen molar-refractivity contribution in [3.05, 3.63) is 18.1 Å². The molecule has 1 fully saturated rings. The van der Waals surface area contributed by atoms with Crippen LogP contribution in [0.25, 0.3) is 0 Å². The van der Waals surface area contributed by atoms with Gasteiger partial charge in [0.25, 0.3) is 0 Å². The Labute approximate surface area is 91.3 Å². The van der Waals surface area contributed by atoms with Crippen LogP contribution in [-0.2, 0) is 0 Å². The first-order valence-electron chi connectivity index (χ1n) is 5.78. The number of anilines is 1. The third-order valence-electron chi connectivity index (χ3n) is 3.39. The fourth-order valence-corrected chi connectivity index (χ4v) is 2.31. The minimum absolute atomic E-state index is 0.820. The van der Waals surface area contributed by atoms with Crippen molar-refractivity contribution in [3.63, 3.8) is 0 Å². The van der Waals surface area contributed by atoms with E-state index in [9.17, 15) is 0 Å². The molecule has 0 spiro atoms. The van der Waals surface area contributed by atoms with Crippen LogP contribution in [-0.4, -0.2) is 16.5 Å². The minimum Gasteiger partial charge on any atom is -0.370 e. The molecule has 1 aliphatic carbocycles. The van der Waals surface area contributed by atoms with Crippen LogP contribution in [0.15, 0.2) is 12.4 Å². The fraction of sp³-hybridized carbons (Fsp3) is 0.667. The molecule has 1 aliphatic rings. The van der Waals surface area contributed by atoms with Gasteiger partial charge < -0.3 is 5.32 Å². The van der Waals surface area contributed by atoms with Gasteiger partial charge in [-0.3, -0.25) is 0 Å². The van der Waals surface area contributed by atoms with Crippen LogP contribution in [0.4, 0.5) is 5.82 Å². The Balaban J connectivity index is 1.87. The van der Waals surface area contributed by atoms with Crippen LogP contribution in [0.3, 0.4) is 0 Å². The lowest BCUT2D eigenvalue weighted by Gasteiger charge is -2.16. The van der Waals surface area contributed by atoms with Gasteiger partial charge in [0, 0.05) is 18.3 Å². The SMILES string of the molecule is Cc1cc(NCC2CCCC2C)ncn1. The number of hydrogen-bond donors (Lipinski definition) is 1. The van der Waals surface area contributed by atoms with E-state index in [1.807, 2.05) is 13.0 Å². The quantitative estimate of drug-likeness (QED) is 0.824. The molecule has 2 rings (SSSR count). The van der Waals surface area contributed by atoms with E-state index in [-0.39, 0.29) is 0 Å². The van der Waals surface area contributed by atoms with Gasteiger partial charge >= 0.3 is 0 Å². The lowest BCUT2D eigenvalue weighted by molar-refractivity contribution is 0.439. The van der Waals surface area contributed by atoms with Crippen LogP contribution in [0.1, 0.15) is 31.9 Å². The third-order valence-corrected chi connectivity index (χ3v) is 3.39. The van der Waals surface area contributed by atoms with Crippen LogP contribution in [0, 0.1) is 18.8 Å². The molecule has 1 aromatic rings. The van der Waals surface area contributed by atoms with Crippen molar-refractivity contribution >= 4 is 5.82 Å². The predicted octanol–water partition coefficient (Wildman–Crippen LogP) is 2.63. The van der Waals surface area contributed by atoms with Crippen LogP contribution >= 0.6 is 0 Å². The van der Waals surface area contributed by atoms with Crippen molar-refractivity contribution in [1.82, 2.24) is 9.97 Å². The average molecular weight is 205 g/mol. The molecule has 82 valence electrons. The van der Waals surface area contributed by atoms with Crippen molar-refractivity contribution in [2.45, 2.75) is 33.1 Å². The van der Waals surface area contributed by atoms with Gasteiger partial charge in [0.2, 0.25) is 0 Å². The van der Waals surface area contributed by atoms with E-state index in [0.717, 1.165) is 29.9 Å². The number of nitrogens with zero attached hydrogens (tertiary/aromatic N) is 2. The smallest absolute Gasteiger partial charge is 0.129 e. The molecule has 0 saturated heterocycles. The minimum atomic E-state index is 0.820. The van der Waals surface area contributed by atoms with E-state index in [2.05, 4.69) is 22.2 Å². The molecule has 2 atom stereocenters. The predicted molar refractivity (Wildman–Crippen MR) is 61.8 cm³/mol. The van der Waals surface area contributed by atoms with Gasteiger partial charge in [-0.15, -0.1) is 0 Å². The van der Waals surface area contributed by atoms with E-state index >= 15 is 0 Å². The fourth-order valence-electron chi connectivity index (χ4n) is 2.31. The van der Waals surface area contributed by atoms with E-state index in [1.165, 1.54) is 19.3 Å². The molecule has 3 nitrogen and oxygen atoms in total. The molecule has 1 saturated carbocycles. The van der Waals surface area contributed by atoms with Gasteiger partial charge in [-0.2, -0.15) is 0 Å². The average Bonchev–Trinajstić information content (AvgIpc) is 2.61. The van der Waals surface area contributed by atoms with Gasteiger partial charge in [0.1, 0.15) is 12.1 Å². The maximum Gasteiger partial charge on any atom is 0.129 e. The second-order valence-electron chi connectivity index (χ2n) is 4.59. The lowest BCUT2D eigenvalue weighted by atomic mass is 9.98. The van der Waals surface area contributed by atoms with Crippen molar-refractivity contribution < 1.29 is 0 Å². The van der Waals surface area contributed by atoms with Gasteiger partial charge in [-0.05, 0) is 25.2 Å². The molecule has 1 heterocycles. The highest BCUT2D eigenvalue weighted by Crippen LogP contribution is 2.30. The maximum atomic E-state index is 4.20. The summed E-state index contributed by atoms with van der Waals surface area (Å²) in [4.78, 5) is 8.29. The number of hydrogen-bond acceptors (Lipinski definition) is 3. The zero-order valence-electron chi connectivity index (χ0n) is 9.53. The highest BCUT2D eigenvalue weighted by molar-refractivity contribution is 5.34. The topological polar surface area (TPSA) is 37.8 Å². The summed E-state index contributed by atoms with van der Waals surface area (Å²) in [5, 5.41) is 3.41. The molecule has 0 amide bonds. The summed E-state index contributed by atoms with van der Waals surface area (Å²) < 4.78 is 0. The summed E-state index contributed by atoms with van der Waals surface area (Å²) in [6, 6.07) is 2.00. The summed E-state index contributed by atoms with van der Waals surface area (Å²) in [6.45, 7) is 5.40. The first kappa shape index (κ1) is 10.4. The van der Waals surface area contributed by atoms with E-state index in [4.69, 9.17) is 0 Å². The largest absolute Gasteiger partial charge is 0.370 e.